The Kier molecular flexibility index (Phi) is 16.2. The van der Waals surface area contributed by atoms with Crippen molar-refractivity contribution < 1.29 is 34.8 Å². The van der Waals surface area contributed by atoms with Gasteiger partial charge in [0.25, 0.3) is 0 Å². The molecule has 3 atom stereocenters. The van der Waals surface area contributed by atoms with Crippen LogP contribution in [0.4, 0.5) is 4.79 Å². The number of carbonyl (C=O) groups is 3. The minimum Gasteiger partial charge on any atom is -0.508 e. The molecule has 1 heterocycles. The molecule has 1 fully saturated rings. The Morgan fingerprint density at radius 3 is 2.00 bits per heavy atom. The average molecular weight is 535 g/mol. The number of amides is 1. The number of phenolic OH excluding ortho intramolecular Hbond substituents is 1. The molecule has 0 saturated carbocycles. The van der Waals surface area contributed by atoms with Crippen molar-refractivity contribution in [3.05, 3.63) is 29.8 Å². The van der Waals surface area contributed by atoms with Crippen LogP contribution in [0, 0.1) is 0 Å². The first-order chi connectivity index (χ1) is 16.3. The average Bonchev–Trinajstić information content (AvgIpc) is 2.98. The number of hydrogen-bond donors (Lipinski definition) is 7. The highest BCUT2D eigenvalue weighted by atomic mass is 33.1. The molecule has 0 radical (unpaired) electrons. The number of nitrogens with two attached hydrogens (primary N) is 3. The SMILES string of the molecule is CCC1(c2cccc(O)c2)CCCCN(C)C1.NC(=O)O.NC(CSSCC(N)C(=O)O)C(=O)O. The van der Waals surface area contributed by atoms with E-state index in [4.69, 9.17) is 31.6 Å². The van der Waals surface area contributed by atoms with Gasteiger partial charge in [-0.1, -0.05) is 47.1 Å². The Balaban J connectivity index is 0.000000583. The summed E-state index contributed by atoms with van der Waals surface area (Å²) in [7, 11) is 4.61. The molecular formula is C22H38N4O7S2. The van der Waals surface area contributed by atoms with Crippen LogP contribution < -0.4 is 17.2 Å². The predicted molar refractivity (Wildman–Crippen MR) is 140 cm³/mol. The number of carboxylic acid groups (broad SMARTS) is 3. The van der Waals surface area contributed by atoms with Gasteiger partial charge in [0.2, 0.25) is 0 Å². The third-order valence-corrected chi connectivity index (χ3v) is 7.84. The van der Waals surface area contributed by atoms with E-state index in [-0.39, 0.29) is 16.9 Å². The first-order valence-corrected chi connectivity index (χ1v) is 13.5. The zero-order valence-corrected chi connectivity index (χ0v) is 21.8. The van der Waals surface area contributed by atoms with Crippen molar-refractivity contribution in [1.82, 2.24) is 4.90 Å². The molecule has 1 aliphatic rings. The van der Waals surface area contributed by atoms with E-state index >= 15 is 0 Å². The second-order valence-corrected chi connectivity index (χ2v) is 10.7. The van der Waals surface area contributed by atoms with E-state index < -0.39 is 30.1 Å². The summed E-state index contributed by atoms with van der Waals surface area (Å²) in [6, 6.07) is 5.99. The molecule has 0 bridgehead atoms. The van der Waals surface area contributed by atoms with Gasteiger partial charge < -0.3 is 42.5 Å². The Morgan fingerprint density at radius 2 is 1.57 bits per heavy atom. The lowest BCUT2D eigenvalue weighted by Crippen LogP contribution is -2.37. The number of aliphatic carboxylic acids is 2. The number of likely N-dealkylation sites (N-methyl/N-ethyl adjacent to an activating group) is 1. The lowest BCUT2D eigenvalue weighted by atomic mass is 9.74. The number of primary amides is 1. The molecule has 1 aromatic carbocycles. The van der Waals surface area contributed by atoms with Crippen molar-refractivity contribution in [1.29, 1.82) is 0 Å². The van der Waals surface area contributed by atoms with Gasteiger partial charge in [0.1, 0.15) is 17.8 Å². The summed E-state index contributed by atoms with van der Waals surface area (Å²) in [5.74, 6) is -1.29. The van der Waals surface area contributed by atoms with E-state index in [0.717, 1.165) is 13.0 Å². The van der Waals surface area contributed by atoms with Crippen LogP contribution in [0.15, 0.2) is 24.3 Å². The monoisotopic (exact) mass is 534 g/mol. The zero-order chi connectivity index (χ0) is 27.0. The van der Waals surface area contributed by atoms with Gasteiger partial charge in [0, 0.05) is 23.5 Å². The van der Waals surface area contributed by atoms with E-state index in [0.29, 0.717) is 5.75 Å². The maximum atomic E-state index is 10.3. The lowest BCUT2D eigenvalue weighted by Gasteiger charge is -2.35. The molecule has 10 N–H and O–H groups in total. The summed E-state index contributed by atoms with van der Waals surface area (Å²) in [5.41, 5.74) is 16.0. The predicted octanol–water partition coefficient (Wildman–Crippen LogP) is 1.97. The van der Waals surface area contributed by atoms with Crippen LogP contribution in [-0.2, 0) is 15.0 Å². The van der Waals surface area contributed by atoms with E-state index in [1.165, 1.54) is 53.0 Å². The second-order valence-electron chi connectivity index (χ2n) is 8.18. The molecule has 3 unspecified atom stereocenters. The van der Waals surface area contributed by atoms with Gasteiger partial charge in [-0.3, -0.25) is 9.59 Å². The van der Waals surface area contributed by atoms with Crippen molar-refractivity contribution in [3.8, 4) is 5.75 Å². The molecule has 0 aromatic heterocycles. The molecule has 1 aromatic rings. The first kappa shape index (κ1) is 32.8. The molecule has 1 aliphatic heterocycles. The van der Waals surface area contributed by atoms with Crippen molar-refractivity contribution >= 4 is 39.6 Å². The van der Waals surface area contributed by atoms with Crippen LogP contribution in [0.5, 0.6) is 5.75 Å². The fourth-order valence-electron chi connectivity index (χ4n) is 3.47. The number of rotatable bonds is 9. The summed E-state index contributed by atoms with van der Waals surface area (Å²) in [6.45, 7) is 4.57. The van der Waals surface area contributed by atoms with Crippen molar-refractivity contribution in [3.63, 3.8) is 0 Å². The molecule has 1 amide bonds. The maximum Gasteiger partial charge on any atom is 0.402 e. The Morgan fingerprint density at radius 1 is 1.06 bits per heavy atom. The van der Waals surface area contributed by atoms with Gasteiger partial charge in [-0.15, -0.1) is 0 Å². The molecule has 0 spiro atoms. The van der Waals surface area contributed by atoms with Crippen LogP contribution >= 0.6 is 21.6 Å². The number of aromatic hydroxyl groups is 1. The zero-order valence-electron chi connectivity index (χ0n) is 20.1. The van der Waals surface area contributed by atoms with Gasteiger partial charge in [-0.25, -0.2) is 4.79 Å². The van der Waals surface area contributed by atoms with Crippen molar-refractivity contribution in [2.45, 2.75) is 50.1 Å². The summed E-state index contributed by atoms with van der Waals surface area (Å²) >= 11 is 0. The standard InChI is InChI=1S/C15H23NO.C6H12N2O4S2.CH3NO2/c1-3-15(9-4-5-10-16(2)12-15)13-7-6-8-14(17)11-13;7-3(5(9)10)1-13-14-2-4(8)6(11)12;2-1(3)4/h6-8,11,17H,3-5,9-10,12H2,1-2H3;3-4H,1-2,7-8H2,(H,9,10)(H,11,12);2H2,(H,3,4). The highest BCUT2D eigenvalue weighted by Gasteiger charge is 2.33. The largest absolute Gasteiger partial charge is 0.508 e. The van der Waals surface area contributed by atoms with E-state index in [1.54, 1.807) is 6.07 Å². The number of carboxylic acids is 2. The van der Waals surface area contributed by atoms with Crippen LogP contribution in [-0.4, -0.2) is 87.1 Å². The maximum absolute atomic E-state index is 10.3. The lowest BCUT2D eigenvalue weighted by molar-refractivity contribution is -0.138. The van der Waals surface area contributed by atoms with Crippen molar-refractivity contribution in [2.75, 3.05) is 31.6 Å². The first-order valence-electron chi connectivity index (χ1n) is 11.0. The van der Waals surface area contributed by atoms with Gasteiger partial charge in [0.15, 0.2) is 0 Å². The summed E-state index contributed by atoms with van der Waals surface area (Å²) in [5, 5.41) is 33.7. The van der Waals surface area contributed by atoms with Gasteiger partial charge in [-0.05, 0) is 50.6 Å². The minimum atomic E-state index is -1.33. The molecular weight excluding hydrogens is 496 g/mol. The normalized spacial score (nSPS) is 19.5. The molecule has 35 heavy (non-hydrogen) atoms. The number of phenols is 1. The fraction of sp³-hybridized carbons (Fsp3) is 0.591. The van der Waals surface area contributed by atoms with E-state index in [2.05, 4.69) is 30.7 Å². The van der Waals surface area contributed by atoms with Crippen LogP contribution in [0.25, 0.3) is 0 Å². The highest BCUT2D eigenvalue weighted by molar-refractivity contribution is 8.76. The third kappa shape index (κ3) is 14.1. The number of benzene rings is 1. The van der Waals surface area contributed by atoms with Crippen molar-refractivity contribution in [2.24, 2.45) is 17.2 Å². The Hall–Kier alpha value is -2.19. The number of likely N-dealkylation sites (tertiary alicyclic amines) is 1. The summed E-state index contributed by atoms with van der Waals surface area (Å²) in [4.78, 5) is 31.7. The molecule has 2 rings (SSSR count). The molecule has 13 heteroatoms. The van der Waals surface area contributed by atoms with Crippen LogP contribution in [0.1, 0.15) is 38.2 Å². The van der Waals surface area contributed by atoms with E-state index in [1.807, 2.05) is 12.1 Å². The van der Waals surface area contributed by atoms with E-state index in [9.17, 15) is 14.7 Å². The van der Waals surface area contributed by atoms with Gasteiger partial charge >= 0.3 is 18.0 Å². The Bertz CT molecular complexity index is 777. The number of hydrogen-bond acceptors (Lipinski definition) is 9. The topological polar surface area (TPSA) is 213 Å². The summed E-state index contributed by atoms with van der Waals surface area (Å²) in [6.07, 6.45) is 3.61. The molecule has 200 valence electrons. The second kappa shape index (κ2) is 17.3. The Labute approximate surface area is 213 Å². The highest BCUT2D eigenvalue weighted by Crippen LogP contribution is 2.37. The van der Waals surface area contributed by atoms with Gasteiger partial charge in [-0.2, -0.15) is 0 Å². The fourth-order valence-corrected chi connectivity index (χ4v) is 5.70. The molecule has 11 nitrogen and oxygen atoms in total. The quantitative estimate of drug-likeness (QED) is 0.179. The third-order valence-electron chi connectivity index (χ3n) is 5.37. The van der Waals surface area contributed by atoms with Crippen LogP contribution in [0.3, 0.4) is 0 Å². The molecule has 1 saturated heterocycles. The van der Waals surface area contributed by atoms with Crippen LogP contribution in [0.2, 0.25) is 0 Å². The smallest absolute Gasteiger partial charge is 0.402 e. The summed E-state index contributed by atoms with van der Waals surface area (Å²) < 4.78 is 0. The van der Waals surface area contributed by atoms with Gasteiger partial charge in [0.05, 0.1) is 0 Å². The number of nitrogens with zero attached hydrogens (tertiary/aromatic N) is 1. The molecule has 0 aliphatic carbocycles. The minimum absolute atomic E-state index is 0.226.